The van der Waals surface area contributed by atoms with Gasteiger partial charge in [0.15, 0.2) is 0 Å². The summed E-state index contributed by atoms with van der Waals surface area (Å²) in [5.74, 6) is -0.181. The Hall–Kier alpha value is -1.26. The molecule has 0 atom stereocenters. The van der Waals surface area contributed by atoms with Gasteiger partial charge in [0.05, 0.1) is 0 Å². The van der Waals surface area contributed by atoms with Gasteiger partial charge in [-0.25, -0.2) is 9.37 Å². The summed E-state index contributed by atoms with van der Waals surface area (Å²) in [7, 11) is 0. The molecule has 0 bridgehead atoms. The Labute approximate surface area is 105 Å². The smallest absolute Gasteiger partial charge is 0.123 e. The van der Waals surface area contributed by atoms with Gasteiger partial charge in [-0.1, -0.05) is 12.1 Å². The predicted molar refractivity (Wildman–Crippen MR) is 68.7 cm³/mol. The van der Waals surface area contributed by atoms with Crippen molar-refractivity contribution in [1.29, 1.82) is 0 Å². The van der Waals surface area contributed by atoms with Crippen molar-refractivity contribution in [2.75, 3.05) is 6.54 Å². The van der Waals surface area contributed by atoms with Crippen LogP contribution in [0.1, 0.15) is 16.3 Å². The summed E-state index contributed by atoms with van der Waals surface area (Å²) in [6.07, 6.45) is 0.907. The average Bonchev–Trinajstić information content (AvgIpc) is 2.73. The summed E-state index contributed by atoms with van der Waals surface area (Å²) in [4.78, 5) is 4.37. The third-order valence-electron chi connectivity index (χ3n) is 2.45. The maximum Gasteiger partial charge on any atom is 0.123 e. The van der Waals surface area contributed by atoms with E-state index in [1.54, 1.807) is 11.3 Å². The number of thiazole rings is 1. The molecule has 0 saturated heterocycles. The number of hydrogen-bond acceptors (Lipinski definition) is 3. The number of nitrogens with one attached hydrogen (secondary N) is 1. The number of aryl methyl sites for hydroxylation is 1. The molecule has 0 saturated carbocycles. The third-order valence-corrected chi connectivity index (χ3v) is 3.41. The molecule has 1 N–H and O–H groups in total. The van der Waals surface area contributed by atoms with E-state index < -0.39 is 0 Å². The van der Waals surface area contributed by atoms with Gasteiger partial charge in [0.2, 0.25) is 0 Å². The van der Waals surface area contributed by atoms with Crippen LogP contribution in [0.4, 0.5) is 4.39 Å². The molecule has 0 fully saturated rings. The second-order valence-corrected chi connectivity index (χ2v) is 4.88. The zero-order valence-corrected chi connectivity index (χ0v) is 10.6. The monoisotopic (exact) mass is 250 g/mol. The molecule has 0 amide bonds. The van der Waals surface area contributed by atoms with Gasteiger partial charge in [0, 0.05) is 17.6 Å². The summed E-state index contributed by atoms with van der Waals surface area (Å²) < 4.78 is 12.7. The van der Waals surface area contributed by atoms with Gasteiger partial charge in [0.1, 0.15) is 10.8 Å². The lowest BCUT2D eigenvalue weighted by Gasteiger charge is -2.02. The van der Waals surface area contributed by atoms with E-state index in [4.69, 9.17) is 0 Å². The molecule has 1 heterocycles. The normalized spacial score (nSPS) is 10.7. The molecule has 2 nitrogen and oxygen atoms in total. The number of rotatable bonds is 5. The van der Waals surface area contributed by atoms with Gasteiger partial charge in [-0.3, -0.25) is 0 Å². The van der Waals surface area contributed by atoms with Gasteiger partial charge in [0.25, 0.3) is 0 Å². The zero-order valence-electron chi connectivity index (χ0n) is 9.74. The number of benzene rings is 1. The maximum absolute atomic E-state index is 12.7. The van der Waals surface area contributed by atoms with E-state index >= 15 is 0 Å². The van der Waals surface area contributed by atoms with Crippen LogP contribution in [0.5, 0.6) is 0 Å². The minimum Gasteiger partial charge on any atom is -0.310 e. The fourth-order valence-electron chi connectivity index (χ4n) is 1.56. The van der Waals surface area contributed by atoms with Crippen molar-refractivity contribution in [3.63, 3.8) is 0 Å². The summed E-state index contributed by atoms with van der Waals surface area (Å²) in [5, 5.41) is 6.50. The van der Waals surface area contributed by atoms with Crippen LogP contribution in [0.2, 0.25) is 0 Å². The van der Waals surface area contributed by atoms with E-state index in [9.17, 15) is 4.39 Å². The minimum atomic E-state index is -0.181. The first-order chi connectivity index (χ1) is 8.24. The molecule has 0 radical (unpaired) electrons. The second-order valence-electron chi connectivity index (χ2n) is 3.94. The van der Waals surface area contributed by atoms with Crippen LogP contribution >= 0.6 is 11.3 Å². The molecule has 2 aromatic rings. The second kappa shape index (κ2) is 5.89. The number of aromatic nitrogens is 1. The van der Waals surface area contributed by atoms with Gasteiger partial charge in [-0.05, 0) is 37.6 Å². The van der Waals surface area contributed by atoms with E-state index in [0.717, 1.165) is 35.8 Å². The largest absolute Gasteiger partial charge is 0.310 e. The van der Waals surface area contributed by atoms with Crippen LogP contribution in [0, 0.1) is 12.7 Å². The molecule has 0 unspecified atom stereocenters. The predicted octanol–water partition coefficient (Wildman–Crippen LogP) is 2.92. The Morgan fingerprint density at radius 3 is 2.71 bits per heavy atom. The molecule has 1 aromatic heterocycles. The minimum absolute atomic E-state index is 0.181. The van der Waals surface area contributed by atoms with Crippen LogP contribution in [0.15, 0.2) is 29.6 Å². The number of nitrogens with zero attached hydrogens (tertiary/aromatic N) is 1. The lowest BCUT2D eigenvalue weighted by atomic mass is 10.1. The van der Waals surface area contributed by atoms with Crippen molar-refractivity contribution in [2.24, 2.45) is 0 Å². The quantitative estimate of drug-likeness (QED) is 0.825. The van der Waals surface area contributed by atoms with Crippen molar-refractivity contribution < 1.29 is 4.39 Å². The molecule has 0 aliphatic rings. The van der Waals surface area contributed by atoms with Crippen molar-refractivity contribution in [2.45, 2.75) is 19.9 Å². The maximum atomic E-state index is 12.7. The molecular weight excluding hydrogens is 235 g/mol. The molecule has 17 heavy (non-hydrogen) atoms. The number of halogens is 1. The average molecular weight is 250 g/mol. The molecule has 4 heteroatoms. The zero-order chi connectivity index (χ0) is 12.1. The van der Waals surface area contributed by atoms with Crippen LogP contribution in [-0.2, 0) is 13.0 Å². The molecule has 0 aliphatic carbocycles. The fourth-order valence-corrected chi connectivity index (χ4v) is 2.30. The van der Waals surface area contributed by atoms with E-state index in [0.29, 0.717) is 0 Å². The summed E-state index contributed by atoms with van der Waals surface area (Å²) in [5.41, 5.74) is 2.22. The first kappa shape index (κ1) is 12.2. The molecule has 0 spiro atoms. The Kier molecular flexibility index (Phi) is 4.23. The fraction of sp³-hybridized carbons (Fsp3) is 0.308. The van der Waals surface area contributed by atoms with Gasteiger partial charge in [-0.2, -0.15) is 0 Å². The third kappa shape index (κ3) is 3.91. The van der Waals surface area contributed by atoms with Crippen molar-refractivity contribution in [3.8, 4) is 0 Å². The molecule has 90 valence electrons. The van der Waals surface area contributed by atoms with Gasteiger partial charge >= 0.3 is 0 Å². The van der Waals surface area contributed by atoms with Crippen molar-refractivity contribution in [3.05, 3.63) is 51.7 Å². The highest BCUT2D eigenvalue weighted by molar-refractivity contribution is 7.09. The van der Waals surface area contributed by atoms with Crippen LogP contribution < -0.4 is 5.32 Å². The molecular formula is C13H15FN2S. The highest BCUT2D eigenvalue weighted by Crippen LogP contribution is 2.08. The van der Waals surface area contributed by atoms with Crippen LogP contribution in [0.25, 0.3) is 0 Å². The Morgan fingerprint density at radius 2 is 2.06 bits per heavy atom. The SMILES string of the molecule is Cc1csc(CNCCc2ccc(F)cc2)n1. The van der Waals surface area contributed by atoms with E-state index in [1.165, 1.54) is 12.1 Å². The Morgan fingerprint density at radius 1 is 1.29 bits per heavy atom. The first-order valence-electron chi connectivity index (χ1n) is 5.60. The molecule has 1 aromatic carbocycles. The summed E-state index contributed by atoms with van der Waals surface area (Å²) in [6.45, 7) is 3.68. The van der Waals surface area contributed by atoms with Gasteiger partial charge in [-0.15, -0.1) is 11.3 Å². The van der Waals surface area contributed by atoms with Gasteiger partial charge < -0.3 is 5.32 Å². The summed E-state index contributed by atoms with van der Waals surface area (Å²) >= 11 is 1.67. The molecule has 2 rings (SSSR count). The van der Waals surface area contributed by atoms with Crippen molar-refractivity contribution >= 4 is 11.3 Å². The summed E-state index contributed by atoms with van der Waals surface area (Å²) in [6, 6.07) is 6.65. The van der Waals surface area contributed by atoms with Crippen LogP contribution in [-0.4, -0.2) is 11.5 Å². The molecule has 0 aliphatic heterocycles. The van der Waals surface area contributed by atoms with E-state index in [2.05, 4.69) is 15.7 Å². The Bertz CT molecular complexity index is 465. The first-order valence-corrected chi connectivity index (χ1v) is 6.48. The lowest BCUT2D eigenvalue weighted by molar-refractivity contribution is 0.626. The van der Waals surface area contributed by atoms with E-state index in [-0.39, 0.29) is 5.82 Å². The Balaban J connectivity index is 1.71. The lowest BCUT2D eigenvalue weighted by Crippen LogP contribution is -2.16. The highest BCUT2D eigenvalue weighted by atomic mass is 32.1. The topological polar surface area (TPSA) is 24.9 Å². The van der Waals surface area contributed by atoms with Crippen molar-refractivity contribution in [1.82, 2.24) is 10.3 Å². The standard InChI is InChI=1S/C13H15FN2S/c1-10-9-17-13(16-10)8-15-7-6-11-2-4-12(14)5-3-11/h2-5,9,15H,6-8H2,1H3. The van der Waals surface area contributed by atoms with E-state index in [1.807, 2.05) is 19.1 Å². The van der Waals surface area contributed by atoms with Crippen LogP contribution in [0.3, 0.4) is 0 Å². The highest BCUT2D eigenvalue weighted by Gasteiger charge is 1.98. The number of hydrogen-bond donors (Lipinski definition) is 1.